The highest BCUT2D eigenvalue weighted by atomic mass is 16.1. The second-order valence-corrected chi connectivity index (χ2v) is 3.47. The van der Waals surface area contributed by atoms with Crippen LogP contribution >= 0.6 is 0 Å². The molecule has 2 aromatic heterocycles. The van der Waals surface area contributed by atoms with Gasteiger partial charge in [0.15, 0.2) is 0 Å². The lowest BCUT2D eigenvalue weighted by Crippen LogP contribution is -2.22. The molecule has 0 aliphatic rings. The summed E-state index contributed by atoms with van der Waals surface area (Å²) in [5.74, 6) is 0.533. The average molecular weight is 231 g/mol. The van der Waals surface area contributed by atoms with Crippen molar-refractivity contribution in [3.05, 3.63) is 41.9 Å². The fourth-order valence-electron chi connectivity index (χ4n) is 1.37. The van der Waals surface area contributed by atoms with E-state index in [2.05, 4.69) is 25.8 Å². The molecule has 0 fully saturated rings. The van der Waals surface area contributed by atoms with Crippen LogP contribution in [0.25, 0.3) is 0 Å². The second kappa shape index (κ2) is 5.11. The quantitative estimate of drug-likeness (QED) is 0.726. The van der Waals surface area contributed by atoms with E-state index in [1.165, 1.54) is 0 Å². The molecule has 0 aromatic carbocycles. The summed E-state index contributed by atoms with van der Waals surface area (Å²) in [5.41, 5.74) is 1.51. The van der Waals surface area contributed by atoms with Crippen molar-refractivity contribution in [3.8, 4) is 0 Å². The number of aromatic nitrogens is 3. The maximum Gasteiger partial charge on any atom is 0.251 e. The molecule has 0 unspecified atom stereocenters. The Morgan fingerprint density at radius 3 is 3.12 bits per heavy atom. The highest BCUT2D eigenvalue weighted by molar-refractivity contribution is 5.94. The minimum absolute atomic E-state index is 0.134. The summed E-state index contributed by atoms with van der Waals surface area (Å²) in [7, 11) is 1.76. The Morgan fingerprint density at radius 1 is 1.53 bits per heavy atom. The number of hydrogen-bond acceptors (Lipinski definition) is 4. The van der Waals surface area contributed by atoms with E-state index in [0.717, 1.165) is 5.56 Å². The Kier molecular flexibility index (Phi) is 3.34. The largest absolute Gasteiger partial charge is 0.373 e. The van der Waals surface area contributed by atoms with Crippen molar-refractivity contribution < 1.29 is 4.79 Å². The van der Waals surface area contributed by atoms with E-state index in [1.807, 2.05) is 0 Å². The van der Waals surface area contributed by atoms with E-state index in [0.29, 0.717) is 17.9 Å². The Morgan fingerprint density at radius 2 is 2.41 bits per heavy atom. The zero-order valence-corrected chi connectivity index (χ0v) is 9.40. The van der Waals surface area contributed by atoms with Crippen molar-refractivity contribution in [3.63, 3.8) is 0 Å². The third-order valence-corrected chi connectivity index (χ3v) is 2.29. The van der Waals surface area contributed by atoms with Crippen molar-refractivity contribution in [2.24, 2.45) is 0 Å². The van der Waals surface area contributed by atoms with Gasteiger partial charge in [0.05, 0.1) is 6.20 Å². The van der Waals surface area contributed by atoms with Crippen LogP contribution in [-0.2, 0) is 6.54 Å². The monoisotopic (exact) mass is 231 g/mol. The van der Waals surface area contributed by atoms with Crippen LogP contribution in [0.5, 0.6) is 0 Å². The zero-order chi connectivity index (χ0) is 12.1. The van der Waals surface area contributed by atoms with E-state index in [9.17, 15) is 4.79 Å². The highest BCUT2D eigenvalue weighted by Crippen LogP contribution is 2.06. The third-order valence-electron chi connectivity index (χ3n) is 2.29. The van der Waals surface area contributed by atoms with Crippen molar-refractivity contribution in [1.29, 1.82) is 0 Å². The van der Waals surface area contributed by atoms with Gasteiger partial charge in [-0.1, -0.05) is 0 Å². The maximum atomic E-state index is 11.8. The Labute approximate surface area is 98.5 Å². The van der Waals surface area contributed by atoms with Crippen LogP contribution in [0.4, 0.5) is 5.82 Å². The number of H-pyrrole nitrogens is 1. The smallest absolute Gasteiger partial charge is 0.251 e. The summed E-state index contributed by atoms with van der Waals surface area (Å²) >= 11 is 0. The summed E-state index contributed by atoms with van der Waals surface area (Å²) in [4.78, 5) is 15.9. The zero-order valence-electron chi connectivity index (χ0n) is 9.40. The molecule has 0 atom stereocenters. The van der Waals surface area contributed by atoms with Gasteiger partial charge in [-0.15, -0.1) is 0 Å². The molecule has 2 aromatic rings. The van der Waals surface area contributed by atoms with Gasteiger partial charge >= 0.3 is 0 Å². The van der Waals surface area contributed by atoms with Crippen molar-refractivity contribution in [2.45, 2.75) is 6.54 Å². The molecular weight excluding hydrogens is 218 g/mol. The first-order valence-electron chi connectivity index (χ1n) is 5.19. The Balaban J connectivity index is 1.99. The second-order valence-electron chi connectivity index (χ2n) is 3.47. The van der Waals surface area contributed by atoms with Crippen molar-refractivity contribution in [2.75, 3.05) is 12.4 Å². The lowest BCUT2D eigenvalue weighted by Gasteiger charge is -2.05. The van der Waals surface area contributed by atoms with E-state index in [4.69, 9.17) is 0 Å². The summed E-state index contributed by atoms with van der Waals surface area (Å²) in [6, 6.07) is 3.37. The molecule has 0 saturated heterocycles. The van der Waals surface area contributed by atoms with Crippen LogP contribution in [0.1, 0.15) is 15.9 Å². The molecule has 0 radical (unpaired) electrons. The third kappa shape index (κ3) is 2.81. The molecule has 1 amide bonds. The van der Waals surface area contributed by atoms with Crippen molar-refractivity contribution >= 4 is 11.7 Å². The Hall–Kier alpha value is -2.37. The first-order valence-corrected chi connectivity index (χ1v) is 5.19. The van der Waals surface area contributed by atoms with Gasteiger partial charge in [-0.3, -0.25) is 9.89 Å². The van der Waals surface area contributed by atoms with Crippen LogP contribution < -0.4 is 10.6 Å². The number of nitrogens with zero attached hydrogens (tertiary/aromatic N) is 2. The predicted molar refractivity (Wildman–Crippen MR) is 63.5 cm³/mol. The molecule has 0 spiro atoms. The van der Waals surface area contributed by atoms with E-state index >= 15 is 0 Å². The van der Waals surface area contributed by atoms with Crippen LogP contribution in [-0.4, -0.2) is 28.1 Å². The molecule has 17 heavy (non-hydrogen) atoms. The van der Waals surface area contributed by atoms with Crippen LogP contribution in [0.2, 0.25) is 0 Å². The fourth-order valence-corrected chi connectivity index (χ4v) is 1.37. The molecule has 2 heterocycles. The van der Waals surface area contributed by atoms with Gasteiger partial charge < -0.3 is 10.6 Å². The first kappa shape index (κ1) is 11.1. The number of rotatable bonds is 4. The van der Waals surface area contributed by atoms with Gasteiger partial charge in [-0.25, -0.2) is 4.98 Å². The summed E-state index contributed by atoms with van der Waals surface area (Å²) in [6.45, 7) is 0.451. The van der Waals surface area contributed by atoms with Gasteiger partial charge in [0.2, 0.25) is 0 Å². The topological polar surface area (TPSA) is 82.7 Å². The normalized spacial score (nSPS) is 9.94. The van der Waals surface area contributed by atoms with E-state index < -0.39 is 0 Å². The lowest BCUT2D eigenvalue weighted by atomic mass is 10.2. The van der Waals surface area contributed by atoms with E-state index in [1.54, 1.807) is 37.8 Å². The minimum atomic E-state index is -0.134. The SMILES string of the molecule is CNc1cc(C(=O)NCc2cn[nH]c2)ccn1. The standard InChI is InChI=1S/C11H13N5O/c1-12-10-4-9(2-3-13-10)11(17)14-5-8-6-15-16-7-8/h2-4,6-7H,5H2,1H3,(H,12,13)(H,14,17)(H,15,16). The summed E-state index contributed by atoms with van der Waals surface area (Å²) < 4.78 is 0. The van der Waals surface area contributed by atoms with Gasteiger partial charge in [0.25, 0.3) is 5.91 Å². The number of pyridine rings is 1. The van der Waals surface area contributed by atoms with Gasteiger partial charge in [0, 0.05) is 37.1 Å². The molecule has 0 aliphatic heterocycles. The molecular formula is C11H13N5O. The van der Waals surface area contributed by atoms with Crippen molar-refractivity contribution in [1.82, 2.24) is 20.5 Å². The van der Waals surface area contributed by atoms with Gasteiger partial charge in [-0.2, -0.15) is 5.10 Å². The molecule has 3 N–H and O–H groups in total. The summed E-state index contributed by atoms with van der Waals surface area (Å²) in [5, 5.41) is 12.2. The number of carbonyl (C=O) groups excluding carboxylic acids is 1. The minimum Gasteiger partial charge on any atom is -0.373 e. The van der Waals surface area contributed by atoms with Gasteiger partial charge in [0.1, 0.15) is 5.82 Å². The predicted octanol–water partition coefficient (Wildman–Crippen LogP) is 0.776. The molecule has 88 valence electrons. The summed E-state index contributed by atoms with van der Waals surface area (Å²) in [6.07, 6.45) is 5.01. The molecule has 0 bridgehead atoms. The number of hydrogen-bond donors (Lipinski definition) is 3. The number of carbonyl (C=O) groups is 1. The fraction of sp³-hybridized carbons (Fsp3) is 0.182. The van der Waals surface area contributed by atoms with E-state index in [-0.39, 0.29) is 5.91 Å². The van der Waals surface area contributed by atoms with Crippen LogP contribution in [0, 0.1) is 0 Å². The first-order chi connectivity index (χ1) is 8.29. The number of anilines is 1. The van der Waals surface area contributed by atoms with Crippen LogP contribution in [0.3, 0.4) is 0 Å². The molecule has 6 heteroatoms. The molecule has 0 aliphatic carbocycles. The molecule has 0 saturated carbocycles. The Bertz CT molecular complexity index is 494. The maximum absolute atomic E-state index is 11.8. The lowest BCUT2D eigenvalue weighted by molar-refractivity contribution is 0.0951. The number of nitrogens with one attached hydrogen (secondary N) is 3. The number of amides is 1. The average Bonchev–Trinajstić information content (AvgIpc) is 2.89. The highest BCUT2D eigenvalue weighted by Gasteiger charge is 2.06. The van der Waals surface area contributed by atoms with Gasteiger partial charge in [-0.05, 0) is 12.1 Å². The van der Waals surface area contributed by atoms with Crippen LogP contribution in [0.15, 0.2) is 30.7 Å². The molecule has 6 nitrogen and oxygen atoms in total. The number of aromatic amines is 1. The molecule has 2 rings (SSSR count).